The quantitative estimate of drug-likeness (QED) is 0.556. The van der Waals surface area contributed by atoms with E-state index in [2.05, 4.69) is 5.32 Å². The molecule has 0 unspecified atom stereocenters. The van der Waals surface area contributed by atoms with E-state index in [0.29, 0.717) is 31.7 Å². The van der Waals surface area contributed by atoms with Crippen molar-refractivity contribution in [1.82, 2.24) is 9.62 Å². The lowest BCUT2D eigenvalue weighted by atomic mass is 9.62. The van der Waals surface area contributed by atoms with Gasteiger partial charge in [0.25, 0.3) is 5.91 Å². The molecule has 2 aliphatic carbocycles. The fourth-order valence-corrected chi connectivity index (χ4v) is 6.06. The molecular formula is C21H28ClF3N2O3S. The molecule has 2 aliphatic rings. The number of hydrogen-bond donors (Lipinski definition) is 1. The molecule has 0 aromatic heterocycles. The molecule has 2 fully saturated rings. The van der Waals surface area contributed by atoms with Crippen LogP contribution < -0.4 is 5.32 Å². The summed E-state index contributed by atoms with van der Waals surface area (Å²) < 4.78 is 64.6. The summed E-state index contributed by atoms with van der Waals surface area (Å²) in [7, 11) is -1.68. The average Bonchev–Trinajstić information content (AvgIpc) is 3.45. The molecule has 10 heteroatoms. The highest BCUT2D eigenvalue weighted by Crippen LogP contribution is 2.52. The van der Waals surface area contributed by atoms with Crippen molar-refractivity contribution in [1.29, 1.82) is 0 Å². The summed E-state index contributed by atoms with van der Waals surface area (Å²) in [5.74, 6) is 0.174. The minimum atomic E-state index is -4.53. The SMILES string of the molecule is CCCS(=O)(=O)N(C)C1CC(CNC(=O)c2ccc(C(F)(F)F)cc2Cl)(CC2CC2)C1. The van der Waals surface area contributed by atoms with Crippen molar-refractivity contribution in [2.24, 2.45) is 11.3 Å². The molecule has 0 heterocycles. The second-order valence-corrected chi connectivity index (χ2v) is 11.5. The topological polar surface area (TPSA) is 66.5 Å². The van der Waals surface area contributed by atoms with Gasteiger partial charge in [0.2, 0.25) is 10.0 Å². The van der Waals surface area contributed by atoms with Crippen LogP contribution in [0.25, 0.3) is 0 Å². The Labute approximate surface area is 186 Å². The van der Waals surface area contributed by atoms with Crippen LogP contribution in [0.3, 0.4) is 0 Å². The molecule has 0 atom stereocenters. The van der Waals surface area contributed by atoms with Crippen molar-refractivity contribution in [2.75, 3.05) is 19.3 Å². The molecule has 31 heavy (non-hydrogen) atoms. The molecule has 1 N–H and O–H groups in total. The van der Waals surface area contributed by atoms with Crippen molar-refractivity contribution in [3.05, 3.63) is 34.3 Å². The monoisotopic (exact) mass is 480 g/mol. The third-order valence-corrected chi connectivity index (χ3v) is 8.75. The zero-order chi connectivity index (χ0) is 23.0. The van der Waals surface area contributed by atoms with E-state index in [-0.39, 0.29) is 27.8 Å². The van der Waals surface area contributed by atoms with Gasteiger partial charge in [-0.2, -0.15) is 13.2 Å². The predicted octanol–water partition coefficient (Wildman–Crippen LogP) is 4.71. The van der Waals surface area contributed by atoms with Crippen molar-refractivity contribution >= 4 is 27.5 Å². The van der Waals surface area contributed by atoms with Crippen molar-refractivity contribution < 1.29 is 26.4 Å². The number of carbonyl (C=O) groups excluding carboxylic acids is 1. The summed E-state index contributed by atoms with van der Waals surface area (Å²) in [6.45, 7) is 2.17. The summed E-state index contributed by atoms with van der Waals surface area (Å²) in [5.41, 5.74) is -1.11. The van der Waals surface area contributed by atoms with E-state index in [4.69, 9.17) is 11.6 Å². The van der Waals surface area contributed by atoms with Gasteiger partial charge < -0.3 is 5.32 Å². The standard InChI is InChI=1S/C21H28ClF3N2O3S/c1-3-8-31(29,30)27(2)16-11-20(12-16,10-14-4-5-14)13-26-19(28)17-7-6-15(9-18(17)22)21(23,24)25/h6-7,9,14,16H,3-5,8,10-13H2,1-2H3,(H,26,28). The van der Waals surface area contributed by atoms with Gasteiger partial charge in [-0.25, -0.2) is 12.7 Å². The van der Waals surface area contributed by atoms with Crippen LogP contribution in [0, 0.1) is 11.3 Å². The highest BCUT2D eigenvalue weighted by molar-refractivity contribution is 7.89. The molecule has 0 spiro atoms. The Morgan fingerprint density at radius 1 is 1.29 bits per heavy atom. The molecule has 2 saturated carbocycles. The van der Waals surface area contributed by atoms with Gasteiger partial charge >= 0.3 is 6.18 Å². The molecule has 1 aromatic rings. The van der Waals surface area contributed by atoms with Crippen LogP contribution in [0.15, 0.2) is 18.2 Å². The van der Waals surface area contributed by atoms with E-state index in [9.17, 15) is 26.4 Å². The first-order chi connectivity index (χ1) is 14.4. The van der Waals surface area contributed by atoms with E-state index in [0.717, 1.165) is 37.5 Å². The Balaban J connectivity index is 1.65. The maximum atomic E-state index is 12.8. The van der Waals surface area contributed by atoms with Crippen LogP contribution in [0.2, 0.25) is 5.02 Å². The lowest BCUT2D eigenvalue weighted by Crippen LogP contribution is -2.56. The molecule has 0 radical (unpaired) electrons. The Morgan fingerprint density at radius 3 is 2.45 bits per heavy atom. The lowest BCUT2D eigenvalue weighted by Gasteiger charge is -2.51. The first-order valence-corrected chi connectivity index (χ1v) is 12.5. The van der Waals surface area contributed by atoms with Crippen LogP contribution in [0.1, 0.15) is 61.4 Å². The van der Waals surface area contributed by atoms with Crippen LogP contribution in [0.4, 0.5) is 13.2 Å². The minimum absolute atomic E-state index is 0.00486. The number of nitrogens with one attached hydrogen (secondary N) is 1. The zero-order valence-electron chi connectivity index (χ0n) is 17.6. The zero-order valence-corrected chi connectivity index (χ0v) is 19.2. The Kier molecular flexibility index (Phi) is 6.99. The Bertz CT molecular complexity index is 926. The number of alkyl halides is 3. The number of amides is 1. The maximum Gasteiger partial charge on any atom is 0.416 e. The molecule has 1 aromatic carbocycles. The summed E-state index contributed by atoms with van der Waals surface area (Å²) in [5, 5.41) is 2.58. The Hall–Kier alpha value is -1.32. The maximum absolute atomic E-state index is 12.8. The molecule has 1 amide bonds. The smallest absolute Gasteiger partial charge is 0.351 e. The minimum Gasteiger partial charge on any atom is -0.351 e. The van der Waals surface area contributed by atoms with Gasteiger partial charge in [0.15, 0.2) is 0 Å². The summed E-state index contributed by atoms with van der Waals surface area (Å²) in [6, 6.07) is 2.58. The molecule has 174 valence electrons. The van der Waals surface area contributed by atoms with E-state index >= 15 is 0 Å². The largest absolute Gasteiger partial charge is 0.416 e. The fourth-order valence-electron chi connectivity index (χ4n) is 4.38. The third-order valence-electron chi connectivity index (χ3n) is 6.34. The van der Waals surface area contributed by atoms with Gasteiger partial charge in [-0.1, -0.05) is 31.4 Å². The van der Waals surface area contributed by atoms with E-state index in [1.165, 1.54) is 4.31 Å². The Morgan fingerprint density at radius 2 is 1.94 bits per heavy atom. The van der Waals surface area contributed by atoms with Gasteiger partial charge in [-0.15, -0.1) is 0 Å². The van der Waals surface area contributed by atoms with Gasteiger partial charge in [0.05, 0.1) is 21.9 Å². The third kappa shape index (κ3) is 5.73. The number of rotatable bonds is 9. The number of nitrogens with zero attached hydrogens (tertiary/aromatic N) is 1. The van der Waals surface area contributed by atoms with Crippen molar-refractivity contribution in [2.45, 2.75) is 57.7 Å². The lowest BCUT2D eigenvalue weighted by molar-refractivity contribution is -0.137. The molecule has 3 rings (SSSR count). The second-order valence-electron chi connectivity index (χ2n) is 8.92. The fraction of sp³-hybridized carbons (Fsp3) is 0.667. The predicted molar refractivity (Wildman–Crippen MR) is 113 cm³/mol. The second kappa shape index (κ2) is 8.90. The first kappa shape index (κ1) is 24.3. The van der Waals surface area contributed by atoms with Crippen LogP contribution in [0.5, 0.6) is 0 Å². The molecule has 5 nitrogen and oxygen atoms in total. The molecule has 0 aliphatic heterocycles. The summed E-state index contributed by atoms with van der Waals surface area (Å²) in [6.07, 6.45) is 0.513. The highest BCUT2D eigenvalue weighted by Gasteiger charge is 2.50. The summed E-state index contributed by atoms with van der Waals surface area (Å²) in [4.78, 5) is 12.6. The van der Waals surface area contributed by atoms with Gasteiger partial charge in [0.1, 0.15) is 0 Å². The van der Waals surface area contributed by atoms with Gasteiger partial charge in [-0.3, -0.25) is 4.79 Å². The van der Waals surface area contributed by atoms with Crippen LogP contribution in [-0.2, 0) is 16.2 Å². The first-order valence-electron chi connectivity index (χ1n) is 10.5. The number of hydrogen-bond acceptors (Lipinski definition) is 3. The number of carbonyl (C=O) groups is 1. The van der Waals surface area contributed by atoms with Crippen LogP contribution in [-0.4, -0.2) is 44.0 Å². The molecule has 0 bridgehead atoms. The highest BCUT2D eigenvalue weighted by atomic mass is 35.5. The van der Waals surface area contributed by atoms with E-state index in [1.807, 2.05) is 6.92 Å². The van der Waals surface area contributed by atoms with Gasteiger partial charge in [0, 0.05) is 19.6 Å². The average molecular weight is 481 g/mol. The number of benzene rings is 1. The summed E-state index contributed by atoms with van der Waals surface area (Å²) >= 11 is 5.93. The van der Waals surface area contributed by atoms with E-state index in [1.54, 1.807) is 7.05 Å². The van der Waals surface area contributed by atoms with Crippen molar-refractivity contribution in [3.63, 3.8) is 0 Å². The van der Waals surface area contributed by atoms with Crippen molar-refractivity contribution in [3.8, 4) is 0 Å². The molecule has 0 saturated heterocycles. The van der Waals surface area contributed by atoms with Crippen LogP contribution >= 0.6 is 11.6 Å². The molecular weight excluding hydrogens is 453 g/mol. The number of sulfonamides is 1. The normalized spacial score (nSPS) is 24.2. The van der Waals surface area contributed by atoms with E-state index < -0.39 is 27.7 Å². The number of halogens is 4. The van der Waals surface area contributed by atoms with Gasteiger partial charge in [-0.05, 0) is 55.2 Å².